The normalized spacial score (nSPS) is 19.5. The summed E-state index contributed by atoms with van der Waals surface area (Å²) in [6, 6.07) is 10.8. The van der Waals surface area contributed by atoms with Gasteiger partial charge in [-0.15, -0.1) is 0 Å². The first-order valence-electron chi connectivity index (χ1n) is 17.2. The summed E-state index contributed by atoms with van der Waals surface area (Å²) in [6.07, 6.45) is 3.33. The highest BCUT2D eigenvalue weighted by atomic mass is 32.2. The molecule has 2 aromatic carbocycles. The number of fused-ring (bicyclic) bond motifs is 1. The lowest BCUT2D eigenvalue weighted by molar-refractivity contribution is -0.117. The SMILES string of the molecule is CC(C)(C)OC(=O)N(CC1(CCN[C@@H]2CCc3cc(OCc4ccccc4)c(N4CC(=O)NS4(=O)=O)c(F)c3C2)CCC1)C(=O)OC(C)(C)C. The van der Waals surface area contributed by atoms with E-state index >= 15 is 4.39 Å². The van der Waals surface area contributed by atoms with E-state index in [2.05, 4.69) is 5.32 Å². The first kappa shape index (κ1) is 37.3. The van der Waals surface area contributed by atoms with Crippen molar-refractivity contribution >= 4 is 34.0 Å². The molecule has 50 heavy (non-hydrogen) atoms. The maximum absolute atomic E-state index is 16.5. The molecule has 2 aliphatic carbocycles. The highest BCUT2D eigenvalue weighted by molar-refractivity contribution is 7.92. The first-order valence-corrected chi connectivity index (χ1v) is 18.6. The van der Waals surface area contributed by atoms with Gasteiger partial charge in [0.25, 0.3) is 5.91 Å². The van der Waals surface area contributed by atoms with E-state index in [9.17, 15) is 22.8 Å². The molecule has 0 spiro atoms. The molecule has 2 fully saturated rings. The molecule has 3 aliphatic rings. The highest BCUT2D eigenvalue weighted by Gasteiger charge is 2.44. The van der Waals surface area contributed by atoms with E-state index in [-0.39, 0.29) is 36.0 Å². The molecule has 1 saturated carbocycles. The molecule has 0 unspecified atom stereocenters. The van der Waals surface area contributed by atoms with E-state index < -0.39 is 51.9 Å². The summed E-state index contributed by atoms with van der Waals surface area (Å²) in [5.41, 5.74) is -0.259. The van der Waals surface area contributed by atoms with E-state index in [1.54, 1.807) is 47.6 Å². The molecule has 2 aromatic rings. The van der Waals surface area contributed by atoms with Crippen LogP contribution in [0.3, 0.4) is 0 Å². The van der Waals surface area contributed by atoms with Crippen LogP contribution in [0.4, 0.5) is 19.7 Å². The van der Waals surface area contributed by atoms with Gasteiger partial charge in [0.05, 0.1) is 0 Å². The molecule has 0 radical (unpaired) electrons. The lowest BCUT2D eigenvalue weighted by Crippen LogP contribution is -2.51. The predicted molar refractivity (Wildman–Crippen MR) is 185 cm³/mol. The van der Waals surface area contributed by atoms with Crippen molar-refractivity contribution in [2.45, 2.75) is 110 Å². The third kappa shape index (κ3) is 9.05. The van der Waals surface area contributed by atoms with Crippen molar-refractivity contribution in [3.63, 3.8) is 0 Å². The Labute approximate surface area is 294 Å². The number of carbonyl (C=O) groups excluding carboxylic acids is 3. The Hall–Kier alpha value is -3.91. The number of anilines is 1. The van der Waals surface area contributed by atoms with Gasteiger partial charge in [-0.25, -0.2) is 27.9 Å². The molecule has 1 heterocycles. The number of aryl methyl sites for hydroxylation is 1. The quantitative estimate of drug-likeness (QED) is 0.314. The van der Waals surface area contributed by atoms with Gasteiger partial charge >= 0.3 is 22.4 Å². The van der Waals surface area contributed by atoms with Crippen molar-refractivity contribution in [2.24, 2.45) is 5.41 Å². The van der Waals surface area contributed by atoms with Crippen molar-refractivity contribution in [1.29, 1.82) is 0 Å². The Morgan fingerprint density at radius 3 is 2.24 bits per heavy atom. The lowest BCUT2D eigenvalue weighted by Gasteiger charge is -2.45. The minimum absolute atomic E-state index is 0.0584. The predicted octanol–water partition coefficient (Wildman–Crippen LogP) is 5.77. The van der Waals surface area contributed by atoms with Crippen LogP contribution in [0.25, 0.3) is 0 Å². The summed E-state index contributed by atoms with van der Waals surface area (Å²) in [4.78, 5) is 39.5. The van der Waals surface area contributed by atoms with Crippen LogP contribution in [-0.2, 0) is 43.9 Å². The Bertz CT molecular complexity index is 1670. The fourth-order valence-corrected chi connectivity index (χ4v) is 7.76. The maximum Gasteiger partial charge on any atom is 0.419 e. The monoisotopic (exact) mass is 716 g/mol. The van der Waals surface area contributed by atoms with E-state index in [1.807, 2.05) is 35.1 Å². The molecule has 0 aromatic heterocycles. The molecule has 5 rings (SSSR count). The van der Waals surface area contributed by atoms with Crippen LogP contribution < -0.4 is 19.1 Å². The van der Waals surface area contributed by atoms with E-state index in [0.29, 0.717) is 37.8 Å². The van der Waals surface area contributed by atoms with E-state index in [4.69, 9.17) is 14.2 Å². The maximum atomic E-state index is 16.5. The summed E-state index contributed by atoms with van der Waals surface area (Å²) >= 11 is 0. The zero-order valence-corrected chi connectivity index (χ0v) is 30.6. The topological polar surface area (TPSA) is 144 Å². The van der Waals surface area contributed by atoms with Crippen molar-refractivity contribution in [1.82, 2.24) is 14.9 Å². The Balaban J connectivity index is 1.30. The molecular formula is C36H49FN4O8S. The fourth-order valence-electron chi connectivity index (χ4n) is 6.60. The highest BCUT2D eigenvalue weighted by Crippen LogP contribution is 2.45. The summed E-state index contributed by atoms with van der Waals surface area (Å²) < 4.78 is 62.0. The second kappa shape index (κ2) is 14.4. The smallest absolute Gasteiger partial charge is 0.419 e. The Kier molecular flexibility index (Phi) is 10.7. The van der Waals surface area contributed by atoms with Crippen LogP contribution in [0.15, 0.2) is 36.4 Å². The zero-order chi connectivity index (χ0) is 36.5. The summed E-state index contributed by atoms with van der Waals surface area (Å²) in [7, 11) is -4.30. The van der Waals surface area contributed by atoms with Crippen molar-refractivity contribution in [2.75, 3.05) is 23.9 Å². The second-order valence-electron chi connectivity index (χ2n) is 15.5. The van der Waals surface area contributed by atoms with Crippen LogP contribution in [0, 0.1) is 11.2 Å². The lowest BCUT2D eigenvalue weighted by atomic mass is 9.66. The van der Waals surface area contributed by atoms with Gasteiger partial charge in [-0.3, -0.25) is 4.79 Å². The minimum atomic E-state index is -4.30. The average molecular weight is 717 g/mol. The zero-order valence-electron chi connectivity index (χ0n) is 29.8. The van der Waals surface area contributed by atoms with Crippen molar-refractivity contribution < 1.29 is 41.4 Å². The van der Waals surface area contributed by atoms with Crippen molar-refractivity contribution in [3.05, 3.63) is 58.9 Å². The average Bonchev–Trinajstić information content (AvgIpc) is 3.26. The van der Waals surface area contributed by atoms with Crippen molar-refractivity contribution in [3.8, 4) is 5.75 Å². The van der Waals surface area contributed by atoms with Crippen LogP contribution in [-0.4, -0.2) is 68.3 Å². The number of halogens is 1. The molecule has 274 valence electrons. The van der Waals surface area contributed by atoms with E-state index in [1.165, 1.54) is 0 Å². The van der Waals surface area contributed by atoms with Gasteiger partial charge in [0.1, 0.15) is 35.8 Å². The van der Waals surface area contributed by atoms with Gasteiger partial charge in [-0.2, -0.15) is 8.42 Å². The molecule has 1 aliphatic heterocycles. The summed E-state index contributed by atoms with van der Waals surface area (Å²) in [5, 5.41) is 3.55. The number of ether oxygens (including phenoxy) is 3. The molecule has 2 N–H and O–H groups in total. The molecule has 12 nitrogen and oxygen atoms in total. The number of imide groups is 1. The Morgan fingerprint density at radius 2 is 1.70 bits per heavy atom. The summed E-state index contributed by atoms with van der Waals surface area (Å²) in [6.45, 7) is 10.7. The van der Waals surface area contributed by atoms with Crippen LogP contribution in [0.2, 0.25) is 0 Å². The standard InChI is InChI=1S/C36H49FN4O8S/c1-34(2,3)48-32(43)40(33(44)49-35(4,5)6)23-36(15-10-16-36)17-18-38-26-14-13-25-19-28(47-22-24-11-8-7-9-12-24)31(30(37)27(25)20-26)41-21-29(42)39-50(41,45)46/h7-9,11-12,19,26,38H,10,13-18,20-23H2,1-6H3,(H,39,42)/t26-/m1/s1. The minimum Gasteiger partial charge on any atom is -0.487 e. The summed E-state index contributed by atoms with van der Waals surface area (Å²) in [5.74, 6) is -1.42. The number of hydrogen-bond donors (Lipinski definition) is 2. The molecule has 1 atom stereocenters. The number of nitrogens with zero attached hydrogens (tertiary/aromatic N) is 2. The van der Waals surface area contributed by atoms with Crippen LogP contribution in [0.1, 0.15) is 90.3 Å². The van der Waals surface area contributed by atoms with Gasteiger partial charge in [-0.1, -0.05) is 36.8 Å². The van der Waals surface area contributed by atoms with E-state index in [0.717, 1.165) is 39.6 Å². The number of nitrogens with one attached hydrogen (secondary N) is 2. The van der Waals surface area contributed by atoms with Crippen LogP contribution in [0.5, 0.6) is 5.75 Å². The fraction of sp³-hybridized carbons (Fsp3) is 0.583. The number of amides is 3. The van der Waals surface area contributed by atoms with Crippen LogP contribution >= 0.6 is 0 Å². The number of rotatable bonds is 10. The third-order valence-electron chi connectivity index (χ3n) is 9.14. The largest absolute Gasteiger partial charge is 0.487 e. The molecule has 3 amide bonds. The number of benzene rings is 2. The Morgan fingerprint density at radius 1 is 1.06 bits per heavy atom. The van der Waals surface area contributed by atoms with Gasteiger partial charge in [0.15, 0.2) is 5.82 Å². The second-order valence-corrected chi connectivity index (χ2v) is 17.1. The first-order chi connectivity index (χ1) is 23.3. The molecule has 1 saturated heterocycles. The van der Waals surface area contributed by atoms with Gasteiger partial charge in [0, 0.05) is 12.6 Å². The number of carbonyl (C=O) groups is 3. The molecular weight excluding hydrogens is 667 g/mol. The van der Waals surface area contributed by atoms with Gasteiger partial charge in [-0.05, 0) is 115 Å². The number of hydrogen-bond acceptors (Lipinski definition) is 9. The third-order valence-corrected chi connectivity index (χ3v) is 10.5. The van der Waals surface area contributed by atoms with Gasteiger partial charge < -0.3 is 19.5 Å². The molecule has 14 heteroatoms. The van der Waals surface area contributed by atoms with Gasteiger partial charge in [0.2, 0.25) is 0 Å². The molecule has 0 bridgehead atoms.